The zero-order valence-electron chi connectivity index (χ0n) is 30.4. The lowest BCUT2D eigenvalue weighted by Gasteiger charge is -2.46. The number of fused-ring (bicyclic) bond motifs is 9. The Hall–Kier alpha value is -4.60. The Kier molecular flexibility index (Phi) is 7.20. The summed E-state index contributed by atoms with van der Waals surface area (Å²) in [6.45, 7) is 14.1. The van der Waals surface area contributed by atoms with Crippen molar-refractivity contribution in [3.8, 4) is 11.1 Å². The van der Waals surface area contributed by atoms with Gasteiger partial charge in [0.15, 0.2) is 0 Å². The number of aromatic amines is 2. The number of H-pyrrole nitrogens is 2. The minimum Gasteiger partial charge on any atom is -0.354 e. The summed E-state index contributed by atoms with van der Waals surface area (Å²) in [5, 5.41) is 9.04. The summed E-state index contributed by atoms with van der Waals surface area (Å²) in [4.78, 5) is 7.60. The summed E-state index contributed by atoms with van der Waals surface area (Å²) in [5.74, 6) is 0.488. The van der Waals surface area contributed by atoms with Gasteiger partial charge >= 0.3 is 0 Å². The summed E-state index contributed by atoms with van der Waals surface area (Å²) < 4.78 is 0. The van der Waals surface area contributed by atoms with Crippen molar-refractivity contribution in [2.24, 2.45) is 11.3 Å². The van der Waals surface area contributed by atoms with Crippen LogP contribution in [0.4, 0.5) is 0 Å². The van der Waals surface area contributed by atoms with Crippen LogP contribution in [-0.4, -0.2) is 22.1 Å². The molecule has 252 valence electrons. The van der Waals surface area contributed by atoms with Crippen LogP contribution >= 0.6 is 0 Å². The molecule has 9 rings (SSSR count). The third-order valence-corrected chi connectivity index (χ3v) is 13.3. The van der Waals surface area contributed by atoms with E-state index in [1.807, 2.05) is 0 Å². The summed E-state index contributed by atoms with van der Waals surface area (Å²) in [6.07, 6.45) is 16.2. The molecule has 0 amide bonds. The molecule has 0 spiro atoms. The van der Waals surface area contributed by atoms with Crippen LogP contribution in [0, 0.1) is 11.3 Å². The molecule has 0 radical (unpaired) electrons. The molecule has 50 heavy (non-hydrogen) atoms. The lowest BCUT2D eigenvalue weighted by atomic mass is 9.58. The van der Waals surface area contributed by atoms with Crippen LogP contribution in [-0.2, 0) is 5.41 Å². The zero-order chi connectivity index (χ0) is 34.4. The molecule has 1 fully saturated rings. The maximum atomic E-state index is 3.90. The van der Waals surface area contributed by atoms with Gasteiger partial charge in [0, 0.05) is 61.6 Å². The summed E-state index contributed by atoms with van der Waals surface area (Å²) in [6, 6.07) is 28.8. The van der Waals surface area contributed by atoms with Crippen LogP contribution in [0.25, 0.3) is 60.3 Å². The quantitative estimate of drug-likeness (QED) is 0.157. The molecular weight excluding hydrogens is 607 g/mol. The monoisotopic (exact) mass is 655 g/mol. The lowest BCUT2D eigenvalue weighted by Crippen LogP contribution is -2.40. The molecule has 4 aromatic carbocycles. The van der Waals surface area contributed by atoms with Gasteiger partial charge in [0.1, 0.15) is 0 Å². The standard InChI is InChI=1S/C47H49N3/c1-7-46(5,6)47(8-2,9-3)33-15-21-39-38-20-14-32(26-44(38)50-45(39)27-33)31-13-19-37-36-18-12-30(24-42(36)49-43(37)25-31)29-11-17-35-34-16-10-28(4)22-40(34)48-41(35)23-29/h10-22,24-27,34,40-41,48-50H,7-9,23H2,1-6H3. The second kappa shape index (κ2) is 11.5. The van der Waals surface area contributed by atoms with Gasteiger partial charge in [-0.1, -0.05) is 126 Å². The van der Waals surface area contributed by atoms with E-state index in [0.717, 1.165) is 25.7 Å². The molecule has 1 saturated heterocycles. The maximum Gasteiger partial charge on any atom is 0.0471 e. The summed E-state index contributed by atoms with van der Waals surface area (Å²) in [5.41, 5.74) is 14.7. The van der Waals surface area contributed by atoms with Crippen LogP contribution < -0.4 is 5.32 Å². The van der Waals surface area contributed by atoms with Gasteiger partial charge in [0.2, 0.25) is 0 Å². The third kappa shape index (κ3) is 4.66. The molecule has 2 aliphatic carbocycles. The van der Waals surface area contributed by atoms with Crippen molar-refractivity contribution < 1.29 is 0 Å². The fourth-order valence-electron chi connectivity index (χ4n) is 9.97. The predicted molar refractivity (Wildman–Crippen MR) is 215 cm³/mol. The van der Waals surface area contributed by atoms with Gasteiger partial charge in [-0.05, 0) is 94.7 Å². The van der Waals surface area contributed by atoms with Gasteiger partial charge in [0.25, 0.3) is 0 Å². The summed E-state index contributed by atoms with van der Waals surface area (Å²) >= 11 is 0. The molecule has 1 aliphatic heterocycles. The highest BCUT2D eigenvalue weighted by Crippen LogP contribution is 2.50. The Bertz CT molecular complexity index is 2450. The number of hydrogen-bond donors (Lipinski definition) is 3. The smallest absolute Gasteiger partial charge is 0.0471 e. The number of nitrogens with one attached hydrogen (secondary N) is 3. The van der Waals surface area contributed by atoms with E-state index >= 15 is 0 Å². The SMILES string of the molecule is CCC(C)(C)C(CC)(CC)c1ccc2c(c1)[nH]c1cc(-c3ccc4c(c3)[nH]c3cc(C5=CC=C6C(C5)NC5C=C(C)C=CC65)ccc34)ccc12. The molecule has 3 atom stereocenters. The minimum absolute atomic E-state index is 0.156. The molecule has 0 saturated carbocycles. The average molecular weight is 656 g/mol. The highest BCUT2D eigenvalue weighted by atomic mass is 15.0. The average Bonchev–Trinajstić information content (AvgIpc) is 3.81. The molecule has 3 unspecified atom stereocenters. The number of allylic oxidation sites excluding steroid dienone is 4. The van der Waals surface area contributed by atoms with Crippen molar-refractivity contribution in [2.75, 3.05) is 0 Å². The number of aromatic nitrogens is 2. The first-order valence-corrected chi connectivity index (χ1v) is 18.9. The molecule has 3 heterocycles. The molecule has 3 aliphatic rings. The topological polar surface area (TPSA) is 43.6 Å². The van der Waals surface area contributed by atoms with Gasteiger partial charge < -0.3 is 15.3 Å². The molecule has 6 aromatic rings. The lowest BCUT2D eigenvalue weighted by molar-refractivity contribution is 0.138. The molecular formula is C47H49N3. The first-order chi connectivity index (χ1) is 24.2. The van der Waals surface area contributed by atoms with E-state index in [-0.39, 0.29) is 10.8 Å². The van der Waals surface area contributed by atoms with Crippen molar-refractivity contribution in [2.45, 2.75) is 84.7 Å². The molecule has 0 bridgehead atoms. The third-order valence-electron chi connectivity index (χ3n) is 13.3. The van der Waals surface area contributed by atoms with Crippen LogP contribution in [0.2, 0.25) is 0 Å². The van der Waals surface area contributed by atoms with Crippen molar-refractivity contribution >= 4 is 49.2 Å². The summed E-state index contributed by atoms with van der Waals surface area (Å²) in [7, 11) is 0. The second-order valence-electron chi connectivity index (χ2n) is 15.9. The Morgan fingerprint density at radius 1 is 0.660 bits per heavy atom. The molecule has 2 aromatic heterocycles. The highest BCUT2D eigenvalue weighted by molar-refractivity contribution is 6.10. The minimum atomic E-state index is 0.156. The van der Waals surface area contributed by atoms with Crippen LogP contribution in [0.3, 0.4) is 0 Å². The number of benzene rings is 4. The largest absolute Gasteiger partial charge is 0.354 e. The van der Waals surface area contributed by atoms with Gasteiger partial charge in [-0.25, -0.2) is 0 Å². The maximum absolute atomic E-state index is 3.90. The van der Waals surface area contributed by atoms with Crippen LogP contribution in [0.1, 0.15) is 78.4 Å². The van der Waals surface area contributed by atoms with E-state index in [0.29, 0.717) is 18.0 Å². The molecule has 3 nitrogen and oxygen atoms in total. The molecule has 3 heteroatoms. The fraction of sp³-hybridized carbons (Fsp3) is 0.319. The first-order valence-electron chi connectivity index (χ1n) is 18.9. The Labute approximate surface area is 296 Å². The number of rotatable bonds is 7. The molecule has 3 N–H and O–H groups in total. The Morgan fingerprint density at radius 3 is 1.82 bits per heavy atom. The van der Waals surface area contributed by atoms with Crippen molar-refractivity contribution in [1.82, 2.24) is 15.3 Å². The number of hydrogen-bond acceptors (Lipinski definition) is 1. The van der Waals surface area contributed by atoms with E-state index < -0.39 is 0 Å². The van der Waals surface area contributed by atoms with Gasteiger partial charge in [-0.2, -0.15) is 0 Å². The first kappa shape index (κ1) is 31.4. The van der Waals surface area contributed by atoms with Crippen LogP contribution in [0.5, 0.6) is 0 Å². The van der Waals surface area contributed by atoms with Crippen molar-refractivity contribution in [3.05, 3.63) is 125 Å². The van der Waals surface area contributed by atoms with E-state index in [1.165, 1.54) is 82.6 Å². The van der Waals surface area contributed by atoms with E-state index in [9.17, 15) is 0 Å². The van der Waals surface area contributed by atoms with E-state index in [1.54, 1.807) is 0 Å². The van der Waals surface area contributed by atoms with Gasteiger partial charge in [-0.15, -0.1) is 0 Å². The normalized spacial score (nSPS) is 20.8. The van der Waals surface area contributed by atoms with Gasteiger partial charge in [-0.3, -0.25) is 0 Å². The predicted octanol–water partition coefficient (Wildman–Crippen LogP) is 12.3. The van der Waals surface area contributed by atoms with Crippen molar-refractivity contribution in [1.29, 1.82) is 0 Å². The van der Waals surface area contributed by atoms with Crippen molar-refractivity contribution in [3.63, 3.8) is 0 Å². The van der Waals surface area contributed by atoms with Gasteiger partial charge in [0.05, 0.1) is 0 Å². The van der Waals surface area contributed by atoms with Crippen LogP contribution in [0.15, 0.2) is 114 Å². The second-order valence-corrected chi connectivity index (χ2v) is 15.9. The van der Waals surface area contributed by atoms with E-state index in [2.05, 4.69) is 160 Å². The zero-order valence-corrected chi connectivity index (χ0v) is 30.4. The highest BCUT2D eigenvalue weighted by Gasteiger charge is 2.42. The fourth-order valence-corrected chi connectivity index (χ4v) is 9.97. The van der Waals surface area contributed by atoms with E-state index in [4.69, 9.17) is 0 Å². The Morgan fingerprint density at radius 2 is 1.22 bits per heavy atom. The Balaban J connectivity index is 1.03.